The van der Waals surface area contributed by atoms with Gasteiger partial charge in [0.1, 0.15) is 17.7 Å². The fourth-order valence-electron chi connectivity index (χ4n) is 5.84. The van der Waals surface area contributed by atoms with Crippen molar-refractivity contribution in [3.8, 4) is 0 Å². The van der Waals surface area contributed by atoms with Gasteiger partial charge >= 0.3 is 6.18 Å². The molecule has 4 aliphatic rings. The number of anilines is 1. The van der Waals surface area contributed by atoms with Gasteiger partial charge in [-0.2, -0.15) is 24.0 Å². The minimum atomic E-state index is -4.56. The number of likely N-dealkylation sites (tertiary alicyclic amines) is 1. The summed E-state index contributed by atoms with van der Waals surface area (Å²) in [5.74, 6) is 6.88. The van der Waals surface area contributed by atoms with Crippen molar-refractivity contribution in [3.05, 3.63) is 83.1 Å². The van der Waals surface area contributed by atoms with Gasteiger partial charge in [-0.3, -0.25) is 14.6 Å². The summed E-state index contributed by atoms with van der Waals surface area (Å²) in [6.45, 7) is 6.09. The van der Waals surface area contributed by atoms with Crippen LogP contribution in [0, 0.1) is 17.3 Å². The maximum atomic E-state index is 13.3. The number of nitrogens with zero attached hydrogens (tertiary/aromatic N) is 5. The lowest BCUT2D eigenvalue weighted by molar-refractivity contribution is -0.750. The van der Waals surface area contributed by atoms with E-state index in [0.717, 1.165) is 30.4 Å². The highest BCUT2D eigenvalue weighted by Crippen LogP contribution is 2.41. The Balaban J connectivity index is 1.25. The highest BCUT2D eigenvalue weighted by molar-refractivity contribution is 6.05. The number of carbonyl (C=O) groups is 2. The lowest BCUT2D eigenvalue weighted by Crippen LogP contribution is -2.56. The first-order chi connectivity index (χ1) is 20.4. The van der Waals surface area contributed by atoms with Crippen molar-refractivity contribution in [3.63, 3.8) is 0 Å². The van der Waals surface area contributed by atoms with Crippen LogP contribution in [0.4, 0.5) is 19.0 Å². The molecular formula is C30H31F3N7O3+. The smallest absolute Gasteiger partial charge is 0.379 e. The Morgan fingerprint density at radius 3 is 2.60 bits per heavy atom. The number of hydrogen-bond donors (Lipinski definition) is 2. The zero-order valence-corrected chi connectivity index (χ0v) is 23.6. The second kappa shape index (κ2) is 10.5. The number of aliphatic imine (C=N–C) groups is 2. The highest BCUT2D eigenvalue weighted by atomic mass is 19.4. The van der Waals surface area contributed by atoms with E-state index in [9.17, 15) is 22.8 Å². The number of carbonyl (C=O) groups excluding carboxylic acids is 2. The summed E-state index contributed by atoms with van der Waals surface area (Å²) in [5.41, 5.74) is 0.938. The molecule has 0 spiro atoms. The lowest BCUT2D eigenvalue weighted by Gasteiger charge is -2.44. The molecule has 224 valence electrons. The average molecular weight is 595 g/mol. The maximum Gasteiger partial charge on any atom is 0.416 e. The third-order valence-electron chi connectivity index (χ3n) is 8.51. The Bertz CT molecular complexity index is 1590. The molecule has 6 rings (SSSR count). The number of pyridine rings is 1. The van der Waals surface area contributed by atoms with Gasteiger partial charge in [0.2, 0.25) is 11.6 Å². The summed E-state index contributed by atoms with van der Waals surface area (Å²) in [7, 11) is 0. The number of halogens is 3. The van der Waals surface area contributed by atoms with Crippen molar-refractivity contribution in [1.29, 1.82) is 0 Å². The number of hydrogen-bond acceptors (Lipinski definition) is 7. The number of nitrogens with two attached hydrogens (primary N) is 1. The molecule has 3 N–H and O–H groups in total. The van der Waals surface area contributed by atoms with Gasteiger partial charge in [0.05, 0.1) is 42.2 Å². The minimum Gasteiger partial charge on any atom is -0.379 e. The number of ether oxygens (including phenoxy) is 1. The molecule has 0 aliphatic carbocycles. The SMILES string of the molecule is C[C@H]1CCN(C(=O)C2(C)COC2)C[C@@H]1C1=C2C=NC=C[N+]2(N)C(c2ccc(C(=O)Nc3cc(C(F)(F)F)ccn3)cc2)=N1. The number of quaternary nitrogens is 1. The molecule has 5 heterocycles. The molecular weight excluding hydrogens is 563 g/mol. The average Bonchev–Trinajstić information content (AvgIpc) is 3.28. The van der Waals surface area contributed by atoms with Crippen molar-refractivity contribution >= 4 is 29.7 Å². The van der Waals surface area contributed by atoms with Gasteiger partial charge in [-0.1, -0.05) is 6.92 Å². The quantitative estimate of drug-likeness (QED) is 0.399. The highest BCUT2D eigenvalue weighted by Gasteiger charge is 2.50. The van der Waals surface area contributed by atoms with Crippen LogP contribution in [-0.2, 0) is 15.7 Å². The van der Waals surface area contributed by atoms with E-state index in [0.29, 0.717) is 43.4 Å². The first-order valence-electron chi connectivity index (χ1n) is 13.9. The number of nitrogens with one attached hydrogen (secondary N) is 1. The van der Waals surface area contributed by atoms with Crippen molar-refractivity contribution in [2.75, 3.05) is 31.6 Å². The second-order valence-electron chi connectivity index (χ2n) is 11.7. The van der Waals surface area contributed by atoms with Gasteiger partial charge in [0, 0.05) is 30.8 Å². The van der Waals surface area contributed by atoms with E-state index in [1.54, 1.807) is 42.9 Å². The Hall–Kier alpha value is -4.20. The van der Waals surface area contributed by atoms with Crippen LogP contribution in [0.1, 0.15) is 41.8 Å². The van der Waals surface area contributed by atoms with Crippen LogP contribution in [0.15, 0.2) is 76.4 Å². The molecule has 2 saturated heterocycles. The van der Waals surface area contributed by atoms with Crippen molar-refractivity contribution < 1.29 is 32.1 Å². The molecule has 1 aromatic heterocycles. The number of benzene rings is 1. The molecule has 4 aliphatic heterocycles. The zero-order chi connectivity index (χ0) is 30.6. The van der Waals surface area contributed by atoms with Crippen molar-refractivity contribution in [1.82, 2.24) is 9.88 Å². The Morgan fingerprint density at radius 2 is 1.93 bits per heavy atom. The topological polar surface area (TPSA) is 122 Å². The summed E-state index contributed by atoms with van der Waals surface area (Å²) in [6.07, 6.45) is 2.28. The van der Waals surface area contributed by atoms with Crippen LogP contribution >= 0.6 is 0 Å². The molecule has 2 aromatic rings. The molecule has 10 nitrogen and oxygen atoms in total. The lowest BCUT2D eigenvalue weighted by atomic mass is 9.81. The van der Waals surface area contributed by atoms with Gasteiger partial charge in [0.25, 0.3) is 11.7 Å². The fourth-order valence-corrected chi connectivity index (χ4v) is 5.84. The van der Waals surface area contributed by atoms with Crippen molar-refractivity contribution in [2.45, 2.75) is 26.4 Å². The normalized spacial score (nSPS) is 26.1. The Morgan fingerprint density at radius 1 is 1.19 bits per heavy atom. The first kappa shape index (κ1) is 28.9. The third-order valence-corrected chi connectivity index (χ3v) is 8.51. The van der Waals surface area contributed by atoms with Gasteiger partial charge in [0.15, 0.2) is 0 Å². The van der Waals surface area contributed by atoms with E-state index in [2.05, 4.69) is 22.2 Å². The summed E-state index contributed by atoms with van der Waals surface area (Å²) >= 11 is 0. The molecule has 0 saturated carbocycles. The predicted molar refractivity (Wildman–Crippen MR) is 152 cm³/mol. The number of rotatable bonds is 5. The van der Waals surface area contributed by atoms with Gasteiger partial charge in [-0.05, 0) is 55.7 Å². The van der Waals surface area contributed by atoms with E-state index in [1.807, 2.05) is 11.8 Å². The van der Waals surface area contributed by atoms with Crippen LogP contribution in [0.2, 0.25) is 0 Å². The first-order valence-corrected chi connectivity index (χ1v) is 13.9. The zero-order valence-electron chi connectivity index (χ0n) is 23.6. The fraction of sp³-hybridized carbons (Fsp3) is 0.367. The number of alkyl halides is 3. The summed E-state index contributed by atoms with van der Waals surface area (Å²) in [6, 6.07) is 8.11. The maximum absolute atomic E-state index is 13.3. The molecule has 2 amide bonds. The summed E-state index contributed by atoms with van der Waals surface area (Å²) in [4.78, 5) is 41.2. The van der Waals surface area contributed by atoms with E-state index in [-0.39, 0.29) is 33.7 Å². The molecule has 43 heavy (non-hydrogen) atoms. The largest absolute Gasteiger partial charge is 0.416 e. The van der Waals surface area contributed by atoms with Crippen LogP contribution in [0.5, 0.6) is 0 Å². The van der Waals surface area contributed by atoms with Crippen LogP contribution in [-0.4, -0.2) is 64.6 Å². The monoisotopic (exact) mass is 594 g/mol. The van der Waals surface area contributed by atoms with Crippen molar-refractivity contribution in [2.24, 2.45) is 33.1 Å². The van der Waals surface area contributed by atoms with Gasteiger partial charge in [-0.25, -0.2) is 4.98 Å². The number of allylic oxidation sites excluding steroid dienone is 1. The van der Waals surface area contributed by atoms with E-state index < -0.39 is 23.1 Å². The Labute approximate surface area is 246 Å². The van der Waals surface area contributed by atoms with Gasteiger partial charge < -0.3 is 15.0 Å². The molecule has 1 aromatic carbocycles. The Kier molecular flexibility index (Phi) is 7.06. The standard InChI is InChI=1S/C30H30F3N7O3/c1-18-8-11-39(28(42)29(2)16-43-17-29)15-22(18)25-23-14-35-10-12-40(23,34)26(38-25)19-3-5-20(6-4-19)27(41)37-24-13-21(7-9-36-24)30(31,32)33/h3-7,9-10,12-14,18,22H,8,11,15-17,34H2,1-2H3/p+1/t18-,22-,40?/m0/s1. The number of aromatic nitrogens is 1. The van der Waals surface area contributed by atoms with Crippen LogP contribution < -0.4 is 11.2 Å². The number of amidine groups is 1. The molecule has 0 bridgehead atoms. The molecule has 2 fully saturated rings. The van der Waals surface area contributed by atoms with E-state index in [1.165, 1.54) is 0 Å². The second-order valence-corrected chi connectivity index (χ2v) is 11.7. The van der Waals surface area contributed by atoms with E-state index in [4.69, 9.17) is 15.6 Å². The number of piperidine rings is 1. The number of fused-ring (bicyclic) bond motifs is 1. The molecule has 1 unspecified atom stereocenters. The number of amides is 2. The third kappa shape index (κ3) is 5.17. The van der Waals surface area contributed by atoms with Crippen LogP contribution in [0.25, 0.3) is 0 Å². The molecule has 3 atom stereocenters. The molecule has 0 radical (unpaired) electrons. The van der Waals surface area contributed by atoms with E-state index >= 15 is 0 Å². The van der Waals surface area contributed by atoms with Gasteiger partial charge in [-0.15, -0.1) is 4.59 Å². The summed E-state index contributed by atoms with van der Waals surface area (Å²) in [5, 5.41) is 2.41. The predicted octanol–water partition coefficient (Wildman–Crippen LogP) is 4.09. The van der Waals surface area contributed by atoms with Crippen LogP contribution in [0.3, 0.4) is 0 Å². The minimum absolute atomic E-state index is 0.0705. The summed E-state index contributed by atoms with van der Waals surface area (Å²) < 4.78 is 44.3. The molecule has 13 heteroatoms.